The maximum Gasteiger partial charge on any atom is 0.166 e. The van der Waals surface area contributed by atoms with Crippen molar-refractivity contribution in [3.05, 3.63) is 64.7 Å². The summed E-state index contributed by atoms with van der Waals surface area (Å²) in [6.07, 6.45) is 4.80. The highest BCUT2D eigenvalue weighted by Crippen LogP contribution is 2.33. The van der Waals surface area contributed by atoms with Crippen molar-refractivity contribution in [1.82, 2.24) is 10.4 Å². The predicted molar refractivity (Wildman–Crippen MR) is 124 cm³/mol. The molecule has 1 aromatic heterocycles. The van der Waals surface area contributed by atoms with Gasteiger partial charge in [-0.15, -0.1) is 0 Å². The molecule has 0 spiro atoms. The van der Waals surface area contributed by atoms with Crippen molar-refractivity contribution in [3.8, 4) is 5.75 Å². The molecule has 1 aromatic carbocycles. The van der Waals surface area contributed by atoms with Gasteiger partial charge in [-0.3, -0.25) is 10.4 Å². The lowest BCUT2D eigenvalue weighted by atomic mass is 9.91. The van der Waals surface area contributed by atoms with Crippen molar-refractivity contribution in [3.63, 3.8) is 0 Å². The van der Waals surface area contributed by atoms with Gasteiger partial charge in [0.2, 0.25) is 0 Å². The zero-order valence-corrected chi connectivity index (χ0v) is 18.0. The Hall–Kier alpha value is -3.75. The van der Waals surface area contributed by atoms with Crippen molar-refractivity contribution < 1.29 is 9.13 Å². The molecule has 1 aliphatic carbocycles. The summed E-state index contributed by atoms with van der Waals surface area (Å²) >= 11 is 0. The zero-order chi connectivity index (χ0) is 22.8. The highest BCUT2D eigenvalue weighted by Gasteiger charge is 2.27. The van der Waals surface area contributed by atoms with Gasteiger partial charge in [0.1, 0.15) is 11.9 Å². The van der Waals surface area contributed by atoms with Crippen LogP contribution < -0.4 is 21.6 Å². The van der Waals surface area contributed by atoms with E-state index in [4.69, 9.17) is 26.6 Å². The molecule has 2 bridgehead atoms. The highest BCUT2D eigenvalue weighted by atomic mass is 19.1. The van der Waals surface area contributed by atoms with E-state index in [9.17, 15) is 4.39 Å². The molecule has 0 saturated heterocycles. The van der Waals surface area contributed by atoms with Crippen LogP contribution in [0.1, 0.15) is 49.0 Å². The molecule has 0 unspecified atom stereocenters. The Kier molecular flexibility index (Phi) is 5.89. The molecule has 8 nitrogen and oxygen atoms in total. The Bertz CT molecular complexity index is 1150. The number of nitrogens with one attached hydrogen (secondary N) is 2. The molecule has 9 heteroatoms. The first kappa shape index (κ1) is 21.5. The lowest BCUT2D eigenvalue weighted by Gasteiger charge is -2.22. The first-order chi connectivity index (χ1) is 15.4. The predicted octanol–water partition coefficient (Wildman–Crippen LogP) is 3.08. The highest BCUT2D eigenvalue weighted by molar-refractivity contribution is 6.48. The standard InChI is InChI=1S/C23H26FN7O/c1-12-18-9-15(24)3-6-17(18)21(26)19(31-28-2)7-13(10-25)22(30-16-4-5-16)14-8-20(32-12)23(27)29-11-14/h3,6,8-12,16,26,28H,4-5,7,25H2,1-2H3,(H2,27,29)/b13-10?,26-21?,30-22?,31-19-/t12-/m1/s1. The van der Waals surface area contributed by atoms with Crippen molar-refractivity contribution in [1.29, 1.82) is 5.41 Å². The summed E-state index contributed by atoms with van der Waals surface area (Å²) in [5.74, 6) is 0.154. The molecule has 166 valence electrons. The van der Waals surface area contributed by atoms with E-state index in [2.05, 4.69) is 15.5 Å². The van der Waals surface area contributed by atoms with Gasteiger partial charge < -0.3 is 21.6 Å². The minimum atomic E-state index is -0.594. The molecule has 2 aliphatic rings. The van der Waals surface area contributed by atoms with E-state index in [1.54, 1.807) is 32.3 Å². The molecular formula is C23H26FN7O. The van der Waals surface area contributed by atoms with Gasteiger partial charge in [0.05, 0.1) is 23.2 Å². The van der Waals surface area contributed by atoms with Crippen LogP contribution in [0, 0.1) is 11.2 Å². The molecule has 1 atom stereocenters. The molecule has 6 N–H and O–H groups in total. The number of rotatable bonds is 2. The lowest BCUT2D eigenvalue weighted by molar-refractivity contribution is 0.227. The number of aliphatic imine (C=N–C) groups is 1. The van der Waals surface area contributed by atoms with Gasteiger partial charge in [0.15, 0.2) is 11.6 Å². The molecule has 0 amide bonds. The summed E-state index contributed by atoms with van der Waals surface area (Å²) in [5.41, 5.74) is 18.6. The van der Waals surface area contributed by atoms with E-state index in [0.29, 0.717) is 39.4 Å². The molecule has 4 rings (SSSR count). The minimum absolute atomic E-state index is 0.144. The molecule has 1 aliphatic heterocycles. The van der Waals surface area contributed by atoms with Crippen LogP contribution in [0.5, 0.6) is 5.75 Å². The Balaban J connectivity index is 1.94. The number of halogens is 1. The van der Waals surface area contributed by atoms with Crippen LogP contribution in [0.4, 0.5) is 10.2 Å². The number of nitrogens with two attached hydrogens (primary N) is 2. The van der Waals surface area contributed by atoms with Crippen LogP contribution in [-0.4, -0.2) is 35.2 Å². The quantitative estimate of drug-likeness (QED) is 0.538. The second-order valence-electron chi connectivity index (χ2n) is 7.83. The number of fused-ring (bicyclic) bond motifs is 3. The first-order valence-electron chi connectivity index (χ1n) is 10.4. The number of hydrogen-bond donors (Lipinski definition) is 4. The van der Waals surface area contributed by atoms with Crippen molar-refractivity contribution in [2.24, 2.45) is 15.8 Å². The number of anilines is 1. The molecular weight excluding hydrogens is 409 g/mol. The number of hydrazone groups is 1. The van der Waals surface area contributed by atoms with Crippen LogP contribution in [0.25, 0.3) is 0 Å². The Morgan fingerprint density at radius 3 is 2.78 bits per heavy atom. The molecule has 1 saturated carbocycles. The van der Waals surface area contributed by atoms with Gasteiger partial charge in [-0.25, -0.2) is 9.37 Å². The van der Waals surface area contributed by atoms with Crippen LogP contribution in [0.3, 0.4) is 0 Å². The largest absolute Gasteiger partial charge is 0.482 e. The lowest BCUT2D eigenvalue weighted by Crippen LogP contribution is -2.24. The summed E-state index contributed by atoms with van der Waals surface area (Å²) in [4.78, 5) is 9.16. The van der Waals surface area contributed by atoms with Crippen LogP contribution in [0.2, 0.25) is 0 Å². The van der Waals surface area contributed by atoms with Gasteiger partial charge in [0.25, 0.3) is 0 Å². The van der Waals surface area contributed by atoms with Crippen molar-refractivity contribution in [2.45, 2.75) is 38.3 Å². The fraction of sp³-hybridized carbons (Fsp3) is 0.304. The summed E-state index contributed by atoms with van der Waals surface area (Å²) in [7, 11) is 1.66. The Morgan fingerprint density at radius 2 is 2.09 bits per heavy atom. The van der Waals surface area contributed by atoms with Crippen LogP contribution >= 0.6 is 0 Å². The number of pyridine rings is 1. The zero-order valence-electron chi connectivity index (χ0n) is 18.0. The first-order valence-corrected chi connectivity index (χ1v) is 10.4. The smallest absolute Gasteiger partial charge is 0.166 e. The van der Waals surface area contributed by atoms with E-state index in [1.807, 2.05) is 0 Å². The van der Waals surface area contributed by atoms with Crippen LogP contribution in [0.15, 0.2) is 52.3 Å². The van der Waals surface area contributed by atoms with Crippen molar-refractivity contribution in [2.75, 3.05) is 12.8 Å². The summed E-state index contributed by atoms with van der Waals surface area (Å²) in [5, 5.41) is 13.2. The summed E-state index contributed by atoms with van der Waals surface area (Å²) < 4.78 is 20.3. The topological polar surface area (TPSA) is 135 Å². The SMILES string of the molecule is CN/N=C1/CC(=CN)C(=NC2CC2)c2cnc(N)c(c2)O[C@H](C)c2cc(F)ccc2C1=N. The van der Waals surface area contributed by atoms with Crippen LogP contribution in [-0.2, 0) is 0 Å². The van der Waals surface area contributed by atoms with E-state index in [1.165, 1.54) is 18.3 Å². The third-order valence-electron chi connectivity index (χ3n) is 5.44. The number of ether oxygens (including phenoxy) is 1. The van der Waals surface area contributed by atoms with E-state index >= 15 is 0 Å². The van der Waals surface area contributed by atoms with Gasteiger partial charge in [-0.2, -0.15) is 5.10 Å². The van der Waals surface area contributed by atoms with Gasteiger partial charge >= 0.3 is 0 Å². The van der Waals surface area contributed by atoms with Gasteiger partial charge in [-0.1, -0.05) is 0 Å². The summed E-state index contributed by atoms with van der Waals surface area (Å²) in [6, 6.07) is 6.25. The normalized spacial score (nSPS) is 22.8. The minimum Gasteiger partial charge on any atom is -0.482 e. The average molecular weight is 436 g/mol. The third-order valence-corrected chi connectivity index (χ3v) is 5.44. The van der Waals surface area contributed by atoms with E-state index in [-0.39, 0.29) is 24.0 Å². The fourth-order valence-corrected chi connectivity index (χ4v) is 3.64. The number of nitrogens with zero attached hydrogens (tertiary/aromatic N) is 3. The molecule has 0 radical (unpaired) electrons. The monoisotopic (exact) mass is 435 g/mol. The van der Waals surface area contributed by atoms with Crippen molar-refractivity contribution >= 4 is 23.0 Å². The molecule has 2 aromatic rings. The Morgan fingerprint density at radius 1 is 1.31 bits per heavy atom. The Labute approximate surface area is 185 Å². The molecule has 2 heterocycles. The number of nitrogen functional groups attached to an aromatic ring is 1. The maximum absolute atomic E-state index is 14.1. The molecule has 1 fully saturated rings. The molecule has 32 heavy (non-hydrogen) atoms. The number of benzene rings is 1. The second kappa shape index (κ2) is 8.78. The third kappa shape index (κ3) is 4.32. The van der Waals surface area contributed by atoms with Gasteiger partial charge in [-0.05, 0) is 55.8 Å². The average Bonchev–Trinajstić information content (AvgIpc) is 3.60. The van der Waals surface area contributed by atoms with E-state index < -0.39 is 11.9 Å². The van der Waals surface area contributed by atoms with E-state index in [0.717, 1.165) is 12.8 Å². The number of allylic oxidation sites excluding steroid dienone is 1. The number of aromatic nitrogens is 1. The fourth-order valence-electron chi connectivity index (χ4n) is 3.64. The second-order valence-corrected chi connectivity index (χ2v) is 7.83. The summed E-state index contributed by atoms with van der Waals surface area (Å²) in [6.45, 7) is 1.78. The number of hydrogen-bond acceptors (Lipinski definition) is 8. The van der Waals surface area contributed by atoms with Gasteiger partial charge in [0, 0.05) is 36.4 Å². The maximum atomic E-state index is 14.1.